The standard InChI is InChI=1S/C24H26N4O6/c1-5-33-21-12-11-17(14-22(21)34-6-2)16(4)25-24(30)23-20(29)13-15(3)27(26-23)18-9-7-8-10-19(18)28(31)32/h7-14,16H,5-6H2,1-4H3,(H,25,30). The Morgan fingerprint density at radius 3 is 2.47 bits per heavy atom. The van der Waals surface area contributed by atoms with Crippen LogP contribution in [0.25, 0.3) is 5.69 Å². The maximum atomic E-state index is 13.0. The van der Waals surface area contributed by atoms with Gasteiger partial charge >= 0.3 is 0 Å². The van der Waals surface area contributed by atoms with E-state index in [1.54, 1.807) is 38.1 Å². The second kappa shape index (κ2) is 10.6. The van der Waals surface area contributed by atoms with E-state index in [-0.39, 0.29) is 17.1 Å². The van der Waals surface area contributed by atoms with Crippen molar-refractivity contribution in [3.05, 3.63) is 85.8 Å². The van der Waals surface area contributed by atoms with E-state index in [1.807, 2.05) is 13.8 Å². The molecule has 3 aromatic rings. The third kappa shape index (κ3) is 5.22. The number of hydrogen-bond acceptors (Lipinski definition) is 7. The van der Waals surface area contributed by atoms with Crippen molar-refractivity contribution >= 4 is 11.6 Å². The van der Waals surface area contributed by atoms with Gasteiger partial charge in [0.15, 0.2) is 17.2 Å². The Labute approximate surface area is 196 Å². The quantitative estimate of drug-likeness (QED) is 0.376. The highest BCUT2D eigenvalue weighted by Gasteiger charge is 2.22. The van der Waals surface area contributed by atoms with Crippen molar-refractivity contribution in [3.63, 3.8) is 0 Å². The molecule has 0 aliphatic carbocycles. The molecular formula is C24H26N4O6. The normalized spacial score (nSPS) is 11.5. The summed E-state index contributed by atoms with van der Waals surface area (Å²) in [6.07, 6.45) is 0. The van der Waals surface area contributed by atoms with Crippen LogP contribution in [-0.4, -0.2) is 33.8 Å². The number of carbonyl (C=O) groups is 1. The molecule has 0 radical (unpaired) electrons. The molecule has 3 rings (SSSR count). The van der Waals surface area contributed by atoms with E-state index in [1.165, 1.54) is 28.9 Å². The average molecular weight is 466 g/mol. The summed E-state index contributed by atoms with van der Waals surface area (Å²) in [5.41, 5.74) is 0.104. The van der Waals surface area contributed by atoms with Gasteiger partial charge in [0.1, 0.15) is 5.69 Å². The van der Waals surface area contributed by atoms with Crippen LogP contribution in [0.3, 0.4) is 0 Å². The summed E-state index contributed by atoms with van der Waals surface area (Å²) < 4.78 is 12.4. The first-order chi connectivity index (χ1) is 16.3. The summed E-state index contributed by atoms with van der Waals surface area (Å²) in [6.45, 7) is 8.01. The molecule has 0 spiro atoms. The van der Waals surface area contributed by atoms with Crippen molar-refractivity contribution in [2.75, 3.05) is 13.2 Å². The van der Waals surface area contributed by atoms with Crippen molar-refractivity contribution in [3.8, 4) is 17.2 Å². The second-order valence-electron chi connectivity index (χ2n) is 7.42. The molecule has 0 aliphatic heterocycles. The molecular weight excluding hydrogens is 440 g/mol. The number of aryl methyl sites for hydroxylation is 1. The number of carbonyl (C=O) groups excluding carboxylic acids is 1. The molecule has 0 fully saturated rings. The topological polar surface area (TPSA) is 126 Å². The van der Waals surface area contributed by atoms with Crippen LogP contribution in [0.1, 0.15) is 48.6 Å². The summed E-state index contributed by atoms with van der Waals surface area (Å²) >= 11 is 0. The third-order valence-corrected chi connectivity index (χ3v) is 5.04. The predicted molar refractivity (Wildman–Crippen MR) is 126 cm³/mol. The van der Waals surface area contributed by atoms with Crippen LogP contribution in [0.5, 0.6) is 11.5 Å². The smallest absolute Gasteiger partial charge is 0.294 e. The molecule has 2 aromatic carbocycles. The van der Waals surface area contributed by atoms with Gasteiger partial charge in [-0.25, -0.2) is 4.68 Å². The van der Waals surface area contributed by atoms with E-state index in [0.29, 0.717) is 30.4 Å². The lowest BCUT2D eigenvalue weighted by atomic mass is 10.1. The summed E-state index contributed by atoms with van der Waals surface area (Å²) in [6, 6.07) is 12.1. The number of rotatable bonds is 9. The molecule has 10 nitrogen and oxygen atoms in total. The fraction of sp³-hybridized carbons (Fsp3) is 0.292. The van der Waals surface area contributed by atoms with Crippen molar-refractivity contribution in [1.82, 2.24) is 15.1 Å². The molecule has 0 saturated carbocycles. The van der Waals surface area contributed by atoms with Crippen LogP contribution in [0, 0.1) is 17.0 Å². The predicted octanol–water partition coefficient (Wildman–Crippen LogP) is 3.74. The molecule has 1 aromatic heterocycles. The lowest BCUT2D eigenvalue weighted by Gasteiger charge is -2.18. The number of nitrogens with zero attached hydrogens (tertiary/aromatic N) is 3. The van der Waals surface area contributed by atoms with E-state index in [2.05, 4.69) is 10.4 Å². The first-order valence-electron chi connectivity index (χ1n) is 10.8. The van der Waals surface area contributed by atoms with Crippen LogP contribution in [0.4, 0.5) is 5.69 Å². The maximum Gasteiger partial charge on any atom is 0.294 e. The molecule has 10 heteroatoms. The Morgan fingerprint density at radius 2 is 1.79 bits per heavy atom. The largest absolute Gasteiger partial charge is 0.490 e. The highest BCUT2D eigenvalue weighted by atomic mass is 16.6. The van der Waals surface area contributed by atoms with Gasteiger partial charge in [0, 0.05) is 17.8 Å². The lowest BCUT2D eigenvalue weighted by Crippen LogP contribution is -2.33. The molecule has 1 amide bonds. The number of benzene rings is 2. The monoisotopic (exact) mass is 466 g/mol. The van der Waals surface area contributed by atoms with Gasteiger partial charge in [-0.1, -0.05) is 18.2 Å². The van der Waals surface area contributed by atoms with Crippen LogP contribution in [-0.2, 0) is 0 Å². The Morgan fingerprint density at radius 1 is 1.12 bits per heavy atom. The second-order valence-corrected chi connectivity index (χ2v) is 7.42. The minimum atomic E-state index is -0.698. The van der Waals surface area contributed by atoms with Gasteiger partial charge in [-0.2, -0.15) is 5.10 Å². The van der Waals surface area contributed by atoms with E-state index < -0.39 is 22.3 Å². The molecule has 0 saturated heterocycles. The van der Waals surface area contributed by atoms with Crippen LogP contribution < -0.4 is 20.2 Å². The number of nitrogens with one attached hydrogen (secondary N) is 1. The molecule has 1 heterocycles. The number of para-hydroxylation sites is 2. The van der Waals surface area contributed by atoms with Crippen LogP contribution in [0.15, 0.2) is 53.3 Å². The zero-order valence-corrected chi connectivity index (χ0v) is 19.4. The number of aromatic nitrogens is 2. The Hall–Kier alpha value is -4.21. The molecule has 1 atom stereocenters. The van der Waals surface area contributed by atoms with Gasteiger partial charge in [0.25, 0.3) is 11.6 Å². The Bertz CT molecular complexity index is 1270. The van der Waals surface area contributed by atoms with Gasteiger partial charge in [-0.05, 0) is 51.5 Å². The van der Waals surface area contributed by atoms with Gasteiger partial charge in [0.05, 0.1) is 24.2 Å². The molecule has 1 N–H and O–H groups in total. The number of nitro groups is 1. The van der Waals surface area contributed by atoms with Crippen molar-refractivity contribution < 1.29 is 19.2 Å². The average Bonchev–Trinajstić information content (AvgIpc) is 2.80. The highest BCUT2D eigenvalue weighted by molar-refractivity contribution is 5.92. The van der Waals surface area contributed by atoms with Gasteiger partial charge < -0.3 is 14.8 Å². The number of amides is 1. The molecule has 34 heavy (non-hydrogen) atoms. The highest BCUT2D eigenvalue weighted by Crippen LogP contribution is 2.31. The number of hydrogen-bond donors (Lipinski definition) is 1. The molecule has 178 valence electrons. The fourth-order valence-corrected chi connectivity index (χ4v) is 3.43. The van der Waals surface area contributed by atoms with Crippen molar-refractivity contribution in [1.29, 1.82) is 0 Å². The minimum absolute atomic E-state index is 0.153. The number of nitro benzene ring substituents is 1. The van der Waals surface area contributed by atoms with Crippen molar-refractivity contribution in [2.45, 2.75) is 33.7 Å². The minimum Gasteiger partial charge on any atom is -0.490 e. The van der Waals surface area contributed by atoms with E-state index in [0.717, 1.165) is 5.56 Å². The summed E-state index contributed by atoms with van der Waals surface area (Å²) in [4.78, 5) is 36.4. The summed E-state index contributed by atoms with van der Waals surface area (Å²) in [5, 5.41) is 18.4. The fourth-order valence-electron chi connectivity index (χ4n) is 3.43. The molecule has 0 bridgehead atoms. The first kappa shape index (κ1) is 24.4. The van der Waals surface area contributed by atoms with Gasteiger partial charge in [0.2, 0.25) is 5.43 Å². The Kier molecular flexibility index (Phi) is 7.62. The van der Waals surface area contributed by atoms with Crippen molar-refractivity contribution in [2.24, 2.45) is 0 Å². The molecule has 1 unspecified atom stereocenters. The zero-order valence-electron chi connectivity index (χ0n) is 19.4. The Balaban J connectivity index is 1.93. The van der Waals surface area contributed by atoms with Crippen LogP contribution in [0.2, 0.25) is 0 Å². The third-order valence-electron chi connectivity index (χ3n) is 5.04. The zero-order chi connectivity index (χ0) is 24.8. The van der Waals surface area contributed by atoms with Gasteiger partial charge in [-0.3, -0.25) is 19.7 Å². The summed E-state index contributed by atoms with van der Waals surface area (Å²) in [7, 11) is 0. The summed E-state index contributed by atoms with van der Waals surface area (Å²) in [5.74, 6) is 0.450. The van der Waals surface area contributed by atoms with E-state index in [9.17, 15) is 19.7 Å². The van der Waals surface area contributed by atoms with Crippen LogP contribution >= 0.6 is 0 Å². The number of ether oxygens (including phenoxy) is 2. The van der Waals surface area contributed by atoms with E-state index in [4.69, 9.17) is 9.47 Å². The van der Waals surface area contributed by atoms with Gasteiger partial charge in [-0.15, -0.1) is 0 Å². The maximum absolute atomic E-state index is 13.0. The lowest BCUT2D eigenvalue weighted by molar-refractivity contribution is -0.384. The molecule has 0 aliphatic rings. The SMILES string of the molecule is CCOc1ccc(C(C)NC(=O)c2nn(-c3ccccc3[N+](=O)[O-])c(C)cc2=O)cc1OCC. The first-order valence-corrected chi connectivity index (χ1v) is 10.8. The van der Waals surface area contributed by atoms with E-state index >= 15 is 0 Å².